The summed E-state index contributed by atoms with van der Waals surface area (Å²) >= 11 is 1.12. The summed E-state index contributed by atoms with van der Waals surface area (Å²) < 4.78 is 27.1. The second-order valence-electron chi connectivity index (χ2n) is 6.19. The number of nitrogens with one attached hydrogen (secondary N) is 2. The molecule has 3 rings (SSSR count). The number of sulfonamides is 1. The molecule has 2 aromatic rings. The molecule has 0 saturated heterocycles. The van der Waals surface area contributed by atoms with E-state index in [1.165, 1.54) is 6.07 Å². The number of hydrogen-bond donors (Lipinski definition) is 3. The molecule has 2 atom stereocenters. The Morgan fingerprint density at radius 1 is 1.35 bits per heavy atom. The normalized spacial score (nSPS) is 17.7. The fraction of sp³-hybridized carbons (Fsp3) is 0.353. The molecule has 6 nitrogen and oxygen atoms in total. The number of rotatable bonds is 5. The van der Waals surface area contributed by atoms with Crippen molar-refractivity contribution in [2.24, 2.45) is 0 Å². The molecular formula is C17H22ClN3O3S2. The molecule has 1 aliphatic carbocycles. The van der Waals surface area contributed by atoms with E-state index in [1.54, 1.807) is 18.4 Å². The highest BCUT2D eigenvalue weighted by molar-refractivity contribution is 7.91. The summed E-state index contributed by atoms with van der Waals surface area (Å²) in [5, 5.41) is 4.64. The van der Waals surface area contributed by atoms with Gasteiger partial charge < -0.3 is 11.1 Å². The molecule has 26 heavy (non-hydrogen) atoms. The molecule has 142 valence electrons. The third-order valence-electron chi connectivity index (χ3n) is 4.28. The van der Waals surface area contributed by atoms with Crippen LogP contribution >= 0.6 is 23.7 Å². The average Bonchev–Trinajstić information content (AvgIpc) is 3.09. The Kier molecular flexibility index (Phi) is 6.68. The molecule has 0 radical (unpaired) electrons. The van der Waals surface area contributed by atoms with Crippen LogP contribution in [0.4, 0.5) is 5.69 Å². The number of carbonyl (C=O) groups excluding carboxylic acids is 1. The van der Waals surface area contributed by atoms with Crippen LogP contribution in [0, 0.1) is 0 Å². The monoisotopic (exact) mass is 415 g/mol. The summed E-state index contributed by atoms with van der Waals surface area (Å²) in [5.74, 6) is -0.338. The van der Waals surface area contributed by atoms with E-state index in [4.69, 9.17) is 5.73 Å². The van der Waals surface area contributed by atoms with E-state index < -0.39 is 16.1 Å². The number of nitrogen functional groups attached to an aromatic ring is 1. The Bertz CT molecular complexity index is 869. The van der Waals surface area contributed by atoms with Gasteiger partial charge in [-0.25, -0.2) is 8.42 Å². The highest BCUT2D eigenvalue weighted by Crippen LogP contribution is 2.31. The zero-order valence-corrected chi connectivity index (χ0v) is 16.7. The van der Waals surface area contributed by atoms with Gasteiger partial charge in [-0.3, -0.25) is 4.79 Å². The van der Waals surface area contributed by atoms with Gasteiger partial charge in [0.25, 0.3) is 10.0 Å². The van der Waals surface area contributed by atoms with E-state index in [0.717, 1.165) is 41.7 Å². The summed E-state index contributed by atoms with van der Waals surface area (Å²) in [6.45, 7) is 1.55. The maximum absolute atomic E-state index is 12.5. The lowest BCUT2D eigenvalue weighted by molar-refractivity contribution is -0.123. The lowest BCUT2D eigenvalue weighted by atomic mass is 9.87. The lowest BCUT2D eigenvalue weighted by Crippen LogP contribution is -2.46. The summed E-state index contributed by atoms with van der Waals surface area (Å²) in [7, 11) is -3.68. The van der Waals surface area contributed by atoms with Crippen LogP contribution in [0.1, 0.15) is 36.9 Å². The van der Waals surface area contributed by atoms with Crippen molar-refractivity contribution in [3.8, 4) is 0 Å². The summed E-state index contributed by atoms with van der Waals surface area (Å²) in [4.78, 5) is 12.5. The predicted octanol–water partition coefficient (Wildman–Crippen LogP) is 2.61. The highest BCUT2D eigenvalue weighted by Gasteiger charge is 2.27. The van der Waals surface area contributed by atoms with Gasteiger partial charge in [0, 0.05) is 5.69 Å². The molecule has 1 heterocycles. The Morgan fingerprint density at radius 3 is 2.81 bits per heavy atom. The lowest BCUT2D eigenvalue weighted by Gasteiger charge is -2.28. The number of aryl methyl sites for hydroxylation is 1. The number of benzene rings is 1. The number of amides is 1. The van der Waals surface area contributed by atoms with Crippen LogP contribution in [0.15, 0.2) is 39.9 Å². The largest absolute Gasteiger partial charge is 0.399 e. The zero-order valence-electron chi connectivity index (χ0n) is 14.3. The minimum absolute atomic E-state index is 0. The van der Waals surface area contributed by atoms with Gasteiger partial charge in [0.2, 0.25) is 5.91 Å². The van der Waals surface area contributed by atoms with E-state index in [2.05, 4.69) is 10.0 Å². The molecule has 0 bridgehead atoms. The smallest absolute Gasteiger partial charge is 0.250 e. The van der Waals surface area contributed by atoms with Crippen molar-refractivity contribution in [1.82, 2.24) is 10.0 Å². The third-order valence-corrected chi connectivity index (χ3v) is 7.22. The molecule has 1 aromatic carbocycles. The maximum Gasteiger partial charge on any atom is 0.250 e. The number of anilines is 1. The van der Waals surface area contributed by atoms with Crippen molar-refractivity contribution < 1.29 is 13.2 Å². The van der Waals surface area contributed by atoms with Gasteiger partial charge >= 0.3 is 0 Å². The molecule has 0 saturated carbocycles. The summed E-state index contributed by atoms with van der Waals surface area (Å²) in [6.07, 6.45) is 2.72. The number of carbonyl (C=O) groups is 1. The number of halogens is 1. The van der Waals surface area contributed by atoms with Crippen LogP contribution in [0.25, 0.3) is 0 Å². The van der Waals surface area contributed by atoms with Crippen LogP contribution in [-0.2, 0) is 21.2 Å². The van der Waals surface area contributed by atoms with Crippen molar-refractivity contribution >= 4 is 45.4 Å². The zero-order chi connectivity index (χ0) is 18.0. The van der Waals surface area contributed by atoms with Gasteiger partial charge in [-0.2, -0.15) is 4.72 Å². The second-order valence-corrected chi connectivity index (χ2v) is 9.08. The molecule has 0 spiro atoms. The van der Waals surface area contributed by atoms with Crippen LogP contribution in [0.3, 0.4) is 0 Å². The van der Waals surface area contributed by atoms with Crippen LogP contribution in [-0.4, -0.2) is 20.4 Å². The van der Waals surface area contributed by atoms with E-state index in [-0.39, 0.29) is 28.6 Å². The van der Waals surface area contributed by atoms with Gasteiger partial charge in [-0.15, -0.1) is 23.7 Å². The fourth-order valence-electron chi connectivity index (χ4n) is 3.04. The van der Waals surface area contributed by atoms with Crippen LogP contribution < -0.4 is 15.8 Å². The first-order valence-electron chi connectivity index (χ1n) is 8.11. The molecule has 1 aromatic heterocycles. The number of hydrogen-bond acceptors (Lipinski definition) is 5. The fourth-order valence-corrected chi connectivity index (χ4v) is 5.25. The van der Waals surface area contributed by atoms with E-state index in [1.807, 2.05) is 18.2 Å². The second kappa shape index (κ2) is 8.39. The Hall–Kier alpha value is -1.61. The molecule has 0 fully saturated rings. The van der Waals surface area contributed by atoms with Crippen molar-refractivity contribution in [1.29, 1.82) is 0 Å². The Labute approximate surface area is 163 Å². The summed E-state index contributed by atoms with van der Waals surface area (Å²) in [5.41, 5.74) is 8.74. The topological polar surface area (TPSA) is 101 Å². The SMILES string of the molecule is CC(NS(=O)(=O)c1cccs1)C(=O)NC1CCCc2cc(N)ccc21.Cl. The quantitative estimate of drug-likeness (QED) is 0.653. The molecule has 4 N–H and O–H groups in total. The minimum atomic E-state index is -3.68. The van der Waals surface area contributed by atoms with Gasteiger partial charge in [0.05, 0.1) is 12.1 Å². The number of fused-ring (bicyclic) bond motifs is 1. The molecule has 1 amide bonds. The van der Waals surface area contributed by atoms with Gasteiger partial charge in [0.1, 0.15) is 4.21 Å². The van der Waals surface area contributed by atoms with Gasteiger partial charge in [0.15, 0.2) is 0 Å². The molecule has 2 unspecified atom stereocenters. The maximum atomic E-state index is 12.5. The first kappa shape index (κ1) is 20.7. The molecular weight excluding hydrogens is 394 g/mol. The van der Waals surface area contributed by atoms with Crippen LogP contribution in [0.5, 0.6) is 0 Å². The summed E-state index contributed by atoms with van der Waals surface area (Å²) in [6, 6.07) is 7.91. The van der Waals surface area contributed by atoms with Crippen LogP contribution in [0.2, 0.25) is 0 Å². The Morgan fingerprint density at radius 2 is 2.12 bits per heavy atom. The predicted molar refractivity (Wildman–Crippen MR) is 106 cm³/mol. The standard InChI is InChI=1S/C17H21N3O3S2.ClH/c1-11(20-25(22,23)16-6-3-9-24-16)17(21)19-15-5-2-4-12-10-13(18)7-8-14(12)15;/h3,6-11,15,20H,2,4-5,18H2,1H3,(H,19,21);1H. The van der Waals surface area contributed by atoms with Crippen molar-refractivity contribution in [3.63, 3.8) is 0 Å². The van der Waals surface area contributed by atoms with Crippen molar-refractivity contribution in [2.75, 3.05) is 5.73 Å². The Balaban J connectivity index is 0.00000243. The van der Waals surface area contributed by atoms with Crippen molar-refractivity contribution in [2.45, 2.75) is 42.5 Å². The number of nitrogens with two attached hydrogens (primary N) is 1. The highest BCUT2D eigenvalue weighted by atomic mass is 35.5. The van der Waals surface area contributed by atoms with E-state index in [0.29, 0.717) is 5.69 Å². The van der Waals surface area contributed by atoms with Gasteiger partial charge in [-0.05, 0) is 60.9 Å². The van der Waals surface area contributed by atoms with Crippen molar-refractivity contribution in [3.05, 3.63) is 46.8 Å². The number of thiophene rings is 1. The minimum Gasteiger partial charge on any atom is -0.399 e. The third kappa shape index (κ3) is 4.56. The first-order chi connectivity index (χ1) is 11.9. The molecule has 0 aliphatic heterocycles. The van der Waals surface area contributed by atoms with E-state index >= 15 is 0 Å². The van der Waals surface area contributed by atoms with Gasteiger partial charge in [-0.1, -0.05) is 12.1 Å². The molecule has 1 aliphatic rings. The average molecular weight is 416 g/mol. The first-order valence-corrected chi connectivity index (χ1v) is 10.5. The van der Waals surface area contributed by atoms with E-state index in [9.17, 15) is 13.2 Å². The molecule has 9 heteroatoms.